The Kier molecular flexibility index (Phi) is 5.76. The molecule has 1 aliphatic carbocycles. The van der Waals surface area contributed by atoms with Crippen LogP contribution in [-0.4, -0.2) is 16.3 Å². The van der Waals surface area contributed by atoms with Crippen LogP contribution in [0.15, 0.2) is 18.2 Å². The second-order valence-electron chi connectivity index (χ2n) is 7.09. The first-order valence-corrected chi connectivity index (χ1v) is 9.88. The van der Waals surface area contributed by atoms with Crippen LogP contribution in [0.2, 0.25) is 0 Å². The third kappa shape index (κ3) is 3.46. The Balaban J connectivity index is 0.00000182. The van der Waals surface area contributed by atoms with Crippen LogP contribution in [0, 0.1) is 0 Å². The highest BCUT2D eigenvalue weighted by molar-refractivity contribution is 8.93. The second kappa shape index (κ2) is 7.68. The lowest BCUT2D eigenvalue weighted by Crippen LogP contribution is -2.41. The molecule has 1 aliphatic heterocycles. The summed E-state index contributed by atoms with van der Waals surface area (Å²) in [4.78, 5) is 2.94. The fourth-order valence-corrected chi connectivity index (χ4v) is 5.45. The Labute approximate surface area is 163 Å². The van der Waals surface area contributed by atoms with Crippen molar-refractivity contribution in [1.82, 2.24) is 5.32 Å². The van der Waals surface area contributed by atoms with Gasteiger partial charge in [0.15, 0.2) is 11.5 Å². The van der Waals surface area contributed by atoms with E-state index in [0.717, 1.165) is 19.4 Å². The summed E-state index contributed by atoms with van der Waals surface area (Å²) in [5.74, 6) is 0.307. The van der Waals surface area contributed by atoms with Crippen LogP contribution in [0.5, 0.6) is 11.5 Å². The predicted molar refractivity (Wildman–Crippen MR) is 108 cm³/mol. The molecule has 0 amide bonds. The maximum atomic E-state index is 9.99. The van der Waals surface area contributed by atoms with Crippen molar-refractivity contribution in [3.8, 4) is 11.5 Å². The number of nitrogens with one attached hydrogen (secondary N) is 1. The molecule has 1 aromatic carbocycles. The van der Waals surface area contributed by atoms with E-state index in [0.29, 0.717) is 12.0 Å². The Morgan fingerprint density at radius 3 is 2.72 bits per heavy atom. The van der Waals surface area contributed by atoms with Crippen LogP contribution in [0.25, 0.3) is 0 Å². The van der Waals surface area contributed by atoms with E-state index in [2.05, 4.69) is 18.3 Å². The fraction of sp³-hybridized carbons (Fsp3) is 0.500. The van der Waals surface area contributed by atoms with Gasteiger partial charge in [0, 0.05) is 28.3 Å². The van der Waals surface area contributed by atoms with Gasteiger partial charge in [-0.25, -0.2) is 0 Å². The number of hydrogen-bond donors (Lipinski definition) is 3. The van der Waals surface area contributed by atoms with Gasteiger partial charge in [-0.05, 0) is 60.6 Å². The molecule has 0 bridgehead atoms. The molecular weight excluding hydrogens is 398 g/mol. The summed E-state index contributed by atoms with van der Waals surface area (Å²) in [7, 11) is 0. The van der Waals surface area contributed by atoms with E-state index in [4.69, 9.17) is 0 Å². The molecule has 3 nitrogen and oxygen atoms in total. The van der Waals surface area contributed by atoms with E-state index in [-0.39, 0.29) is 28.5 Å². The Bertz CT molecular complexity index is 758. The van der Waals surface area contributed by atoms with Gasteiger partial charge >= 0.3 is 0 Å². The van der Waals surface area contributed by atoms with Gasteiger partial charge in [0.25, 0.3) is 0 Å². The molecule has 0 radical (unpaired) electrons. The van der Waals surface area contributed by atoms with Gasteiger partial charge in [0.1, 0.15) is 0 Å². The molecule has 3 N–H and O–H groups in total. The van der Waals surface area contributed by atoms with Crippen molar-refractivity contribution in [2.75, 3.05) is 0 Å². The van der Waals surface area contributed by atoms with Crippen molar-refractivity contribution < 1.29 is 10.2 Å². The zero-order valence-electron chi connectivity index (χ0n) is 14.5. The van der Waals surface area contributed by atoms with Crippen LogP contribution in [0.4, 0.5) is 0 Å². The first kappa shape index (κ1) is 18.7. The van der Waals surface area contributed by atoms with Crippen molar-refractivity contribution >= 4 is 28.3 Å². The van der Waals surface area contributed by atoms with Gasteiger partial charge in [-0.2, -0.15) is 0 Å². The van der Waals surface area contributed by atoms with Crippen LogP contribution < -0.4 is 5.32 Å². The zero-order chi connectivity index (χ0) is 16.7. The number of hydrogen-bond acceptors (Lipinski definition) is 4. The molecule has 2 heterocycles. The topological polar surface area (TPSA) is 52.5 Å². The number of fused-ring (bicyclic) bond motifs is 5. The summed E-state index contributed by atoms with van der Waals surface area (Å²) in [5.41, 5.74) is 3.81. The molecule has 5 heteroatoms. The lowest BCUT2D eigenvalue weighted by molar-refractivity contribution is 0.382. The molecule has 4 rings (SSSR count). The van der Waals surface area contributed by atoms with Gasteiger partial charge in [-0.15, -0.1) is 28.3 Å². The Morgan fingerprint density at radius 1 is 1.12 bits per heavy atom. The van der Waals surface area contributed by atoms with Crippen molar-refractivity contribution in [1.29, 1.82) is 0 Å². The third-order valence-corrected chi connectivity index (χ3v) is 6.69. The first-order chi connectivity index (χ1) is 11.7. The number of aryl methyl sites for hydroxylation is 2. The number of phenols is 2. The molecule has 0 spiro atoms. The number of rotatable bonds is 4. The normalized spacial score (nSPS) is 21.0. The summed E-state index contributed by atoms with van der Waals surface area (Å²) in [6.45, 7) is 3.21. The summed E-state index contributed by atoms with van der Waals surface area (Å²) in [6.07, 6.45) is 7.04. The molecule has 2 aliphatic rings. The molecule has 2 aromatic rings. The van der Waals surface area contributed by atoms with Gasteiger partial charge in [-0.3, -0.25) is 0 Å². The second-order valence-corrected chi connectivity index (χ2v) is 8.31. The molecule has 25 heavy (non-hydrogen) atoms. The number of unbranched alkanes of at least 4 members (excludes halogenated alkanes) is 2. The molecular formula is C20H26BrNO2S. The SMILES string of the molecule is Br.CCCCCc1cc2c(s1)CN[C@H]1CCc3cc(O)c(O)cc3[C@H]21. The van der Waals surface area contributed by atoms with Gasteiger partial charge in [-0.1, -0.05) is 19.8 Å². The smallest absolute Gasteiger partial charge is 0.157 e. The molecule has 136 valence electrons. The van der Waals surface area contributed by atoms with Crippen molar-refractivity contribution in [3.05, 3.63) is 44.6 Å². The van der Waals surface area contributed by atoms with E-state index >= 15 is 0 Å². The average Bonchev–Trinajstić information content (AvgIpc) is 2.99. The molecule has 2 atom stereocenters. The summed E-state index contributed by atoms with van der Waals surface area (Å²) >= 11 is 1.95. The third-order valence-electron chi connectivity index (χ3n) is 5.48. The highest BCUT2D eigenvalue weighted by Crippen LogP contribution is 2.46. The van der Waals surface area contributed by atoms with Crippen LogP contribution in [0.3, 0.4) is 0 Å². The molecule has 1 aromatic heterocycles. The van der Waals surface area contributed by atoms with Crippen molar-refractivity contribution in [2.45, 2.75) is 64.0 Å². The molecule has 0 saturated carbocycles. The van der Waals surface area contributed by atoms with Crippen LogP contribution >= 0.6 is 28.3 Å². The van der Waals surface area contributed by atoms with Gasteiger partial charge in [0.05, 0.1) is 0 Å². The van der Waals surface area contributed by atoms with Gasteiger partial charge in [0.2, 0.25) is 0 Å². The minimum atomic E-state index is -0.0000719. The highest BCUT2D eigenvalue weighted by atomic mass is 79.9. The lowest BCUT2D eigenvalue weighted by Gasteiger charge is -2.38. The quantitative estimate of drug-likeness (QED) is 0.477. The highest BCUT2D eigenvalue weighted by Gasteiger charge is 2.36. The minimum absolute atomic E-state index is 0. The average molecular weight is 424 g/mol. The number of phenolic OH excluding ortho intramolecular Hbond substituents is 2. The number of halogens is 1. The largest absolute Gasteiger partial charge is 0.504 e. The molecule has 0 fully saturated rings. The standard InChI is InChI=1S/C20H25NO2S.BrH/c1-2-3-4-5-13-9-15-19(24-13)11-21-16-7-6-12-8-17(22)18(23)10-14(12)20(15)16;/h8-10,16,20-23H,2-7,11H2,1H3;1H/t16-,20+;/m0./s1. The van der Waals surface area contributed by atoms with Gasteiger partial charge < -0.3 is 15.5 Å². The number of aromatic hydroxyl groups is 2. The first-order valence-electron chi connectivity index (χ1n) is 9.07. The lowest BCUT2D eigenvalue weighted by atomic mass is 9.74. The summed E-state index contributed by atoms with van der Waals surface area (Å²) in [5, 5.41) is 23.5. The van der Waals surface area contributed by atoms with E-state index in [9.17, 15) is 10.2 Å². The van der Waals surface area contributed by atoms with Crippen LogP contribution in [0.1, 0.15) is 65.0 Å². The van der Waals surface area contributed by atoms with E-state index in [1.54, 1.807) is 12.1 Å². The Hall–Kier alpha value is -1.04. The van der Waals surface area contributed by atoms with Crippen molar-refractivity contribution in [3.63, 3.8) is 0 Å². The Morgan fingerprint density at radius 2 is 1.92 bits per heavy atom. The van der Waals surface area contributed by atoms with Crippen molar-refractivity contribution in [2.24, 2.45) is 0 Å². The van der Waals surface area contributed by atoms with Crippen LogP contribution in [-0.2, 0) is 19.4 Å². The zero-order valence-corrected chi connectivity index (χ0v) is 17.1. The van der Waals surface area contributed by atoms with E-state index < -0.39 is 0 Å². The maximum Gasteiger partial charge on any atom is 0.157 e. The summed E-state index contributed by atoms with van der Waals surface area (Å²) in [6, 6.07) is 6.39. The number of thiophene rings is 1. The molecule has 0 saturated heterocycles. The van der Waals surface area contributed by atoms with E-state index in [1.807, 2.05) is 11.3 Å². The summed E-state index contributed by atoms with van der Waals surface area (Å²) < 4.78 is 0. The van der Waals surface area contributed by atoms with E-state index in [1.165, 1.54) is 52.1 Å². The number of benzene rings is 1. The molecule has 0 unspecified atom stereocenters. The minimum Gasteiger partial charge on any atom is -0.504 e. The predicted octanol–water partition coefficient (Wildman–Crippen LogP) is 5.02. The monoisotopic (exact) mass is 423 g/mol. The fourth-order valence-electron chi connectivity index (χ4n) is 4.24. The maximum absolute atomic E-state index is 9.99.